The number of piperidine rings is 1. The summed E-state index contributed by atoms with van der Waals surface area (Å²) < 4.78 is 5.80. The number of likely N-dealkylation sites (tertiary alicyclic amines) is 1. The molecule has 4 heterocycles. The van der Waals surface area contributed by atoms with Crippen LogP contribution in [-0.2, 0) is 10.4 Å². The van der Waals surface area contributed by atoms with Crippen molar-refractivity contribution in [3.05, 3.63) is 54.4 Å². The Hall–Kier alpha value is -3.27. The summed E-state index contributed by atoms with van der Waals surface area (Å²) >= 11 is 0. The van der Waals surface area contributed by atoms with Gasteiger partial charge in [0.2, 0.25) is 0 Å². The number of carbonyl (C=O) groups excluding carboxylic acids is 2. The van der Waals surface area contributed by atoms with Crippen LogP contribution in [0.2, 0.25) is 0 Å². The van der Waals surface area contributed by atoms with Crippen LogP contribution in [0.25, 0.3) is 0 Å². The minimum atomic E-state index is -1.36. The normalized spacial score (nSPS) is 23.3. The van der Waals surface area contributed by atoms with E-state index in [1.54, 1.807) is 34.5 Å². The molecule has 2 aliphatic rings. The third-order valence-corrected chi connectivity index (χ3v) is 6.07. The molecule has 3 amide bonds. The van der Waals surface area contributed by atoms with Gasteiger partial charge in [-0.3, -0.25) is 9.88 Å². The highest BCUT2D eigenvalue weighted by atomic mass is 16.6. The fraction of sp³-hybridized carbons (Fsp3) is 0.542. The summed E-state index contributed by atoms with van der Waals surface area (Å²) in [4.78, 5) is 44.2. The second-order valence-electron chi connectivity index (χ2n) is 9.59. The second kappa shape index (κ2) is 9.92. The van der Waals surface area contributed by atoms with Gasteiger partial charge in [0.05, 0.1) is 5.92 Å². The zero-order chi connectivity index (χ0) is 24.2. The molecule has 10 heteroatoms. The first-order valence-corrected chi connectivity index (χ1v) is 11.8. The van der Waals surface area contributed by atoms with Gasteiger partial charge < -0.3 is 20.3 Å². The lowest BCUT2D eigenvalue weighted by Gasteiger charge is -2.51. The van der Waals surface area contributed by atoms with Gasteiger partial charge in [0.15, 0.2) is 11.5 Å². The Morgan fingerprint density at radius 1 is 1.06 bits per heavy atom. The van der Waals surface area contributed by atoms with Crippen molar-refractivity contribution in [3.8, 4) is 0 Å². The SMILES string of the molecule is CC(C)(C)OC(=O)N1CCCC(c2ccccn2)C1(NC(=O)N1CCNCC1)c1ncccn1. The molecule has 2 aromatic heterocycles. The first-order chi connectivity index (χ1) is 16.3. The number of amides is 3. The van der Waals surface area contributed by atoms with Crippen molar-refractivity contribution < 1.29 is 14.3 Å². The molecule has 182 valence electrons. The average Bonchev–Trinajstić information content (AvgIpc) is 2.84. The zero-order valence-corrected chi connectivity index (χ0v) is 20.0. The summed E-state index contributed by atoms with van der Waals surface area (Å²) in [6.45, 7) is 8.42. The molecule has 2 unspecified atom stereocenters. The molecule has 0 bridgehead atoms. The van der Waals surface area contributed by atoms with Crippen LogP contribution in [0.5, 0.6) is 0 Å². The van der Waals surface area contributed by atoms with E-state index in [9.17, 15) is 9.59 Å². The first-order valence-electron chi connectivity index (χ1n) is 11.8. The maximum Gasteiger partial charge on any atom is 0.412 e. The van der Waals surface area contributed by atoms with E-state index in [0.717, 1.165) is 12.1 Å². The number of nitrogens with one attached hydrogen (secondary N) is 2. The van der Waals surface area contributed by atoms with Crippen LogP contribution in [0.1, 0.15) is 51.0 Å². The number of hydrogen-bond donors (Lipinski definition) is 2. The van der Waals surface area contributed by atoms with E-state index < -0.39 is 17.4 Å². The lowest BCUT2D eigenvalue weighted by molar-refractivity contribution is -0.0398. The van der Waals surface area contributed by atoms with Crippen LogP contribution in [0.4, 0.5) is 9.59 Å². The molecule has 0 aliphatic carbocycles. The molecule has 2 aromatic rings. The summed E-state index contributed by atoms with van der Waals surface area (Å²) in [6, 6.07) is 7.11. The standard InChI is InChI=1S/C24H33N7O3/c1-23(2,3)34-22(33)31-15-6-8-18(19-9-4-5-10-26-19)24(31,20-27-11-7-12-28-20)29-21(32)30-16-13-25-14-17-30/h4-5,7,9-12,18,25H,6,8,13-17H2,1-3H3,(H,29,32). The first kappa shape index (κ1) is 23.9. The fourth-order valence-electron chi connectivity index (χ4n) is 4.62. The van der Waals surface area contributed by atoms with Crippen molar-refractivity contribution >= 4 is 12.1 Å². The number of aromatic nitrogens is 3. The van der Waals surface area contributed by atoms with Gasteiger partial charge in [-0.1, -0.05) is 6.07 Å². The van der Waals surface area contributed by atoms with Crippen LogP contribution in [0, 0.1) is 0 Å². The molecule has 2 atom stereocenters. The molecule has 0 saturated carbocycles. The summed E-state index contributed by atoms with van der Waals surface area (Å²) in [5.74, 6) is -0.0380. The lowest BCUT2D eigenvalue weighted by Crippen LogP contribution is -2.68. The molecule has 10 nitrogen and oxygen atoms in total. The Morgan fingerprint density at radius 3 is 2.41 bits per heavy atom. The lowest BCUT2D eigenvalue weighted by atomic mass is 9.79. The van der Waals surface area contributed by atoms with Crippen molar-refractivity contribution in [1.29, 1.82) is 0 Å². The maximum absolute atomic E-state index is 13.6. The Kier molecular flexibility index (Phi) is 6.97. The maximum atomic E-state index is 13.6. The third kappa shape index (κ3) is 4.96. The Balaban J connectivity index is 1.85. The van der Waals surface area contributed by atoms with E-state index in [2.05, 4.69) is 25.6 Å². The highest BCUT2D eigenvalue weighted by Crippen LogP contribution is 2.45. The Morgan fingerprint density at radius 2 is 1.76 bits per heavy atom. The number of pyridine rings is 1. The quantitative estimate of drug-likeness (QED) is 0.713. The van der Waals surface area contributed by atoms with E-state index in [1.807, 2.05) is 39.0 Å². The van der Waals surface area contributed by atoms with Crippen molar-refractivity contribution in [2.45, 2.75) is 50.8 Å². The Labute approximate surface area is 200 Å². The number of piperazine rings is 1. The van der Waals surface area contributed by atoms with E-state index in [1.165, 1.54) is 0 Å². The molecular weight excluding hydrogens is 434 g/mol. The summed E-state index contributed by atoms with van der Waals surface area (Å²) in [5.41, 5.74) is -1.32. The van der Waals surface area contributed by atoms with Crippen LogP contribution in [0.15, 0.2) is 42.9 Å². The second-order valence-corrected chi connectivity index (χ2v) is 9.59. The number of nitrogens with zero attached hydrogens (tertiary/aromatic N) is 5. The third-order valence-electron chi connectivity index (χ3n) is 6.07. The number of carbonyl (C=O) groups is 2. The molecule has 2 N–H and O–H groups in total. The summed E-state index contributed by atoms with van der Waals surface area (Å²) in [7, 11) is 0. The van der Waals surface area contributed by atoms with Gasteiger partial charge in [-0.05, 0) is 51.8 Å². The number of hydrogen-bond acceptors (Lipinski definition) is 7. The van der Waals surface area contributed by atoms with E-state index in [-0.39, 0.29) is 11.9 Å². The highest BCUT2D eigenvalue weighted by Gasteiger charge is 2.55. The number of ether oxygens (including phenoxy) is 1. The van der Waals surface area contributed by atoms with Gasteiger partial charge in [-0.25, -0.2) is 19.6 Å². The van der Waals surface area contributed by atoms with Crippen LogP contribution >= 0.6 is 0 Å². The largest absolute Gasteiger partial charge is 0.444 e. The van der Waals surface area contributed by atoms with Gasteiger partial charge >= 0.3 is 12.1 Å². The van der Waals surface area contributed by atoms with Crippen LogP contribution < -0.4 is 10.6 Å². The van der Waals surface area contributed by atoms with Gasteiger partial charge in [0.1, 0.15) is 5.60 Å². The number of rotatable bonds is 3. The van der Waals surface area contributed by atoms with Crippen molar-refractivity contribution in [2.24, 2.45) is 0 Å². The molecule has 2 aliphatic heterocycles. The molecule has 0 radical (unpaired) electrons. The molecule has 0 spiro atoms. The van der Waals surface area contributed by atoms with Gasteiger partial charge in [0, 0.05) is 57.0 Å². The highest BCUT2D eigenvalue weighted by molar-refractivity contribution is 5.77. The molecule has 2 fully saturated rings. The minimum Gasteiger partial charge on any atom is -0.444 e. The predicted molar refractivity (Wildman–Crippen MR) is 126 cm³/mol. The van der Waals surface area contributed by atoms with Crippen molar-refractivity contribution in [3.63, 3.8) is 0 Å². The van der Waals surface area contributed by atoms with E-state index in [4.69, 9.17) is 4.74 Å². The zero-order valence-electron chi connectivity index (χ0n) is 20.0. The molecule has 2 saturated heterocycles. The van der Waals surface area contributed by atoms with Gasteiger partial charge in [-0.2, -0.15) is 0 Å². The molecule has 34 heavy (non-hydrogen) atoms. The van der Waals surface area contributed by atoms with Crippen molar-refractivity contribution in [2.75, 3.05) is 32.7 Å². The fourth-order valence-corrected chi connectivity index (χ4v) is 4.62. The molecule has 0 aromatic carbocycles. The van der Waals surface area contributed by atoms with E-state index in [0.29, 0.717) is 45.0 Å². The monoisotopic (exact) mass is 467 g/mol. The van der Waals surface area contributed by atoms with Gasteiger partial charge in [0.25, 0.3) is 0 Å². The smallest absolute Gasteiger partial charge is 0.412 e. The number of urea groups is 1. The topological polar surface area (TPSA) is 113 Å². The van der Waals surface area contributed by atoms with E-state index >= 15 is 0 Å². The van der Waals surface area contributed by atoms with Crippen LogP contribution in [0.3, 0.4) is 0 Å². The molecular formula is C24H33N7O3. The van der Waals surface area contributed by atoms with Crippen LogP contribution in [-0.4, -0.2) is 75.2 Å². The molecule has 4 rings (SSSR count). The van der Waals surface area contributed by atoms with Crippen molar-refractivity contribution in [1.82, 2.24) is 35.4 Å². The summed E-state index contributed by atoms with van der Waals surface area (Å²) in [6.07, 6.45) is 5.85. The predicted octanol–water partition coefficient (Wildman–Crippen LogP) is 2.45. The summed E-state index contributed by atoms with van der Waals surface area (Å²) in [5, 5.41) is 6.46. The minimum absolute atomic E-state index is 0.273. The Bertz CT molecular complexity index is 977. The average molecular weight is 468 g/mol. The van der Waals surface area contributed by atoms with Gasteiger partial charge in [-0.15, -0.1) is 0 Å².